The van der Waals surface area contributed by atoms with Crippen molar-refractivity contribution in [1.29, 1.82) is 0 Å². The first-order chi connectivity index (χ1) is 14.3. The molecule has 3 rings (SSSR count). The van der Waals surface area contributed by atoms with Crippen LogP contribution in [0.4, 0.5) is 0 Å². The second kappa shape index (κ2) is 11.5. The fourth-order valence-electron chi connectivity index (χ4n) is 4.35. The molecule has 0 spiro atoms. The number of hydrogen-bond donors (Lipinski definition) is 0. The van der Waals surface area contributed by atoms with E-state index in [2.05, 4.69) is 54.9 Å². The Bertz CT molecular complexity index is 854. The summed E-state index contributed by atoms with van der Waals surface area (Å²) in [7, 11) is 0. The maximum Gasteiger partial charge on any atom is 0.0249 e. The van der Waals surface area contributed by atoms with Gasteiger partial charge in [0.25, 0.3) is 0 Å². The molecule has 0 heterocycles. The highest BCUT2D eigenvalue weighted by molar-refractivity contribution is 5.46. The normalized spacial score (nSPS) is 18.3. The van der Waals surface area contributed by atoms with E-state index in [0.29, 0.717) is 0 Å². The van der Waals surface area contributed by atoms with E-state index in [-0.39, 0.29) is 0 Å². The lowest BCUT2D eigenvalue weighted by molar-refractivity contribution is 0.250. The molecule has 1 saturated carbocycles. The Balaban J connectivity index is 1.45. The van der Waals surface area contributed by atoms with Gasteiger partial charge in [0.1, 0.15) is 0 Å². The molecule has 2 aromatic carbocycles. The molecule has 1 aliphatic carbocycles. The third kappa shape index (κ3) is 7.15. The van der Waals surface area contributed by atoms with Gasteiger partial charge in [0.05, 0.1) is 0 Å². The first-order valence-corrected chi connectivity index (χ1v) is 11.4. The van der Waals surface area contributed by atoms with Gasteiger partial charge < -0.3 is 0 Å². The molecule has 0 unspecified atom stereocenters. The SMILES string of the molecule is CC#Cc1ccc(C#Cc2ccc(CC[C@H]3CC[C@H](CCCC)CC3)cc2)cc1. The average Bonchev–Trinajstić information content (AvgIpc) is 2.77. The molecule has 0 aromatic heterocycles. The summed E-state index contributed by atoms with van der Waals surface area (Å²) in [5.41, 5.74) is 4.61. The average molecular weight is 383 g/mol. The topological polar surface area (TPSA) is 0 Å². The van der Waals surface area contributed by atoms with Gasteiger partial charge in [0.15, 0.2) is 0 Å². The van der Waals surface area contributed by atoms with Gasteiger partial charge in [0.2, 0.25) is 0 Å². The van der Waals surface area contributed by atoms with Crippen LogP contribution >= 0.6 is 0 Å². The van der Waals surface area contributed by atoms with Crippen molar-refractivity contribution in [2.24, 2.45) is 11.8 Å². The van der Waals surface area contributed by atoms with E-state index in [1.165, 1.54) is 63.4 Å². The van der Waals surface area contributed by atoms with Crippen molar-refractivity contribution in [3.63, 3.8) is 0 Å². The van der Waals surface area contributed by atoms with Gasteiger partial charge in [-0.3, -0.25) is 0 Å². The van der Waals surface area contributed by atoms with Crippen LogP contribution in [-0.4, -0.2) is 0 Å². The van der Waals surface area contributed by atoms with Crippen molar-refractivity contribution in [3.05, 3.63) is 70.8 Å². The molecule has 0 N–H and O–H groups in total. The number of unbranched alkanes of at least 4 members (excludes halogenated alkanes) is 1. The van der Waals surface area contributed by atoms with Crippen molar-refractivity contribution >= 4 is 0 Å². The van der Waals surface area contributed by atoms with Gasteiger partial charge in [-0.05, 0) is 73.6 Å². The zero-order valence-electron chi connectivity index (χ0n) is 18.1. The zero-order chi connectivity index (χ0) is 20.3. The summed E-state index contributed by atoms with van der Waals surface area (Å²) in [6, 6.07) is 17.0. The lowest BCUT2D eigenvalue weighted by Crippen LogP contribution is -2.15. The van der Waals surface area contributed by atoms with Crippen molar-refractivity contribution in [2.75, 3.05) is 0 Å². The molecule has 0 atom stereocenters. The van der Waals surface area contributed by atoms with Crippen LogP contribution in [0.5, 0.6) is 0 Å². The Kier molecular flexibility index (Phi) is 8.46. The molecule has 0 radical (unpaired) electrons. The predicted molar refractivity (Wildman–Crippen MR) is 125 cm³/mol. The highest BCUT2D eigenvalue weighted by Gasteiger charge is 2.20. The molecular formula is C29H34. The lowest BCUT2D eigenvalue weighted by atomic mass is 9.78. The summed E-state index contributed by atoms with van der Waals surface area (Å²) >= 11 is 0. The minimum absolute atomic E-state index is 0.938. The summed E-state index contributed by atoms with van der Waals surface area (Å²) in [4.78, 5) is 0. The Morgan fingerprint density at radius 1 is 0.690 bits per heavy atom. The number of hydrogen-bond acceptors (Lipinski definition) is 0. The molecule has 2 aromatic rings. The Morgan fingerprint density at radius 2 is 1.17 bits per heavy atom. The number of benzene rings is 2. The fraction of sp³-hybridized carbons (Fsp3) is 0.448. The maximum absolute atomic E-state index is 3.28. The van der Waals surface area contributed by atoms with Crippen LogP contribution in [0.15, 0.2) is 48.5 Å². The smallest absolute Gasteiger partial charge is 0.0249 e. The van der Waals surface area contributed by atoms with Gasteiger partial charge in [-0.2, -0.15) is 0 Å². The molecular weight excluding hydrogens is 348 g/mol. The van der Waals surface area contributed by atoms with E-state index in [9.17, 15) is 0 Å². The molecule has 0 heteroatoms. The number of aryl methyl sites for hydroxylation is 1. The highest BCUT2D eigenvalue weighted by Crippen LogP contribution is 2.34. The van der Waals surface area contributed by atoms with E-state index in [1.54, 1.807) is 0 Å². The van der Waals surface area contributed by atoms with Crippen molar-refractivity contribution in [2.45, 2.75) is 71.6 Å². The van der Waals surface area contributed by atoms with Crippen LogP contribution in [0.1, 0.15) is 87.5 Å². The number of rotatable bonds is 6. The van der Waals surface area contributed by atoms with Gasteiger partial charge in [-0.15, -0.1) is 5.92 Å². The van der Waals surface area contributed by atoms with Gasteiger partial charge in [0, 0.05) is 16.7 Å². The monoisotopic (exact) mass is 382 g/mol. The second-order valence-corrected chi connectivity index (χ2v) is 8.47. The third-order valence-electron chi connectivity index (χ3n) is 6.23. The Labute approximate surface area is 178 Å². The summed E-state index contributed by atoms with van der Waals surface area (Å²) in [6.45, 7) is 4.17. The molecule has 0 saturated heterocycles. The summed E-state index contributed by atoms with van der Waals surface area (Å²) in [5.74, 6) is 14.5. The Morgan fingerprint density at radius 3 is 1.69 bits per heavy atom. The maximum atomic E-state index is 3.28. The van der Waals surface area contributed by atoms with E-state index in [4.69, 9.17) is 0 Å². The quantitative estimate of drug-likeness (QED) is 0.457. The zero-order valence-corrected chi connectivity index (χ0v) is 18.1. The van der Waals surface area contributed by atoms with Crippen molar-refractivity contribution in [1.82, 2.24) is 0 Å². The highest BCUT2D eigenvalue weighted by atomic mass is 14.3. The molecule has 0 amide bonds. The molecule has 0 aliphatic heterocycles. The van der Waals surface area contributed by atoms with Crippen LogP contribution in [0.2, 0.25) is 0 Å². The van der Waals surface area contributed by atoms with Crippen LogP contribution in [0.3, 0.4) is 0 Å². The molecule has 1 aliphatic rings. The summed E-state index contributed by atoms with van der Waals surface area (Å²) in [6.07, 6.45) is 12.6. The van der Waals surface area contributed by atoms with E-state index < -0.39 is 0 Å². The first-order valence-electron chi connectivity index (χ1n) is 11.4. The molecule has 0 nitrogen and oxygen atoms in total. The van der Waals surface area contributed by atoms with Gasteiger partial charge >= 0.3 is 0 Å². The lowest BCUT2D eigenvalue weighted by Gasteiger charge is -2.28. The van der Waals surface area contributed by atoms with Crippen LogP contribution < -0.4 is 0 Å². The third-order valence-corrected chi connectivity index (χ3v) is 6.23. The Hall–Kier alpha value is -2.44. The first kappa shape index (κ1) is 21.3. The van der Waals surface area contributed by atoms with Crippen LogP contribution in [0, 0.1) is 35.5 Å². The minimum Gasteiger partial charge on any atom is -0.101 e. The summed E-state index contributed by atoms with van der Waals surface area (Å²) < 4.78 is 0. The van der Waals surface area contributed by atoms with E-state index >= 15 is 0 Å². The van der Waals surface area contributed by atoms with Crippen LogP contribution in [-0.2, 0) is 6.42 Å². The van der Waals surface area contributed by atoms with Crippen molar-refractivity contribution in [3.8, 4) is 23.7 Å². The fourth-order valence-corrected chi connectivity index (χ4v) is 4.35. The molecule has 29 heavy (non-hydrogen) atoms. The van der Waals surface area contributed by atoms with E-state index in [0.717, 1.165) is 28.5 Å². The predicted octanol–water partition coefficient (Wildman–Crippen LogP) is 7.39. The second-order valence-electron chi connectivity index (χ2n) is 8.47. The molecule has 1 fully saturated rings. The molecule has 150 valence electrons. The van der Waals surface area contributed by atoms with Crippen LogP contribution in [0.25, 0.3) is 0 Å². The van der Waals surface area contributed by atoms with Gasteiger partial charge in [-0.1, -0.05) is 81.8 Å². The minimum atomic E-state index is 0.938. The standard InChI is InChI=1S/C29H34/c1-3-5-7-25-10-14-27(15-11-25)17-19-29-22-20-28(21-23-29)18-16-26-12-8-24(6-4-2)9-13-26/h8-9,12-13,20-23,25,27H,3,5,7,10-11,14-15,17,19H2,1-2H3/t25-,27-. The molecule has 0 bridgehead atoms. The van der Waals surface area contributed by atoms with Crippen molar-refractivity contribution < 1.29 is 0 Å². The largest absolute Gasteiger partial charge is 0.101 e. The van der Waals surface area contributed by atoms with Gasteiger partial charge in [-0.25, -0.2) is 0 Å². The van der Waals surface area contributed by atoms with E-state index in [1.807, 2.05) is 31.2 Å². The summed E-state index contributed by atoms with van der Waals surface area (Å²) in [5, 5.41) is 0.